The summed E-state index contributed by atoms with van der Waals surface area (Å²) in [5.74, 6) is 2.20. The van der Waals surface area contributed by atoms with Crippen molar-refractivity contribution >= 4 is 0 Å². The molecule has 0 aromatic rings. The molecule has 0 bridgehead atoms. The van der Waals surface area contributed by atoms with Crippen LogP contribution in [0.3, 0.4) is 0 Å². The fraction of sp³-hybridized carbons (Fsp3) is 1.00. The van der Waals surface area contributed by atoms with Crippen LogP contribution in [0.15, 0.2) is 0 Å². The van der Waals surface area contributed by atoms with Gasteiger partial charge in [-0.3, -0.25) is 0 Å². The molecule has 1 saturated carbocycles. The summed E-state index contributed by atoms with van der Waals surface area (Å²) in [7, 11) is 0. The second-order valence-electron chi connectivity index (χ2n) is 5.46. The molecule has 2 saturated heterocycles. The molecule has 0 amide bonds. The Labute approximate surface area is 92.8 Å². The van der Waals surface area contributed by atoms with Crippen LogP contribution in [0.25, 0.3) is 0 Å². The molecular formula is C12H23N3. The first-order valence-corrected chi connectivity index (χ1v) is 6.57. The molecule has 2 aliphatic heterocycles. The molecule has 2 unspecified atom stereocenters. The summed E-state index contributed by atoms with van der Waals surface area (Å²) in [5, 5.41) is 3.41. The van der Waals surface area contributed by atoms with Crippen LogP contribution in [0.4, 0.5) is 0 Å². The highest BCUT2D eigenvalue weighted by Crippen LogP contribution is 2.44. The lowest BCUT2D eigenvalue weighted by molar-refractivity contribution is 0.217. The standard InChI is InChI=1S/C12H23N3/c1(4-14-6-2-13-3-7-14)5-15-9-11-8-12(11)10-15/h11-13H,1-10H2. The molecule has 86 valence electrons. The van der Waals surface area contributed by atoms with Crippen molar-refractivity contribution < 1.29 is 0 Å². The van der Waals surface area contributed by atoms with Crippen molar-refractivity contribution in [1.82, 2.24) is 15.1 Å². The molecule has 3 aliphatic rings. The summed E-state index contributed by atoms with van der Waals surface area (Å²) < 4.78 is 0. The third-order valence-electron chi connectivity index (χ3n) is 4.21. The van der Waals surface area contributed by atoms with Crippen molar-refractivity contribution in [3.63, 3.8) is 0 Å². The van der Waals surface area contributed by atoms with Gasteiger partial charge in [-0.05, 0) is 37.8 Å². The van der Waals surface area contributed by atoms with Gasteiger partial charge in [-0.2, -0.15) is 0 Å². The van der Waals surface area contributed by atoms with Gasteiger partial charge in [0.2, 0.25) is 0 Å². The van der Waals surface area contributed by atoms with E-state index < -0.39 is 0 Å². The van der Waals surface area contributed by atoms with E-state index in [4.69, 9.17) is 0 Å². The summed E-state index contributed by atoms with van der Waals surface area (Å²) >= 11 is 0. The van der Waals surface area contributed by atoms with Crippen molar-refractivity contribution in [3.05, 3.63) is 0 Å². The molecular weight excluding hydrogens is 186 g/mol. The minimum Gasteiger partial charge on any atom is -0.314 e. The van der Waals surface area contributed by atoms with Crippen LogP contribution >= 0.6 is 0 Å². The Balaban J connectivity index is 1.29. The van der Waals surface area contributed by atoms with Crippen molar-refractivity contribution in [2.45, 2.75) is 12.8 Å². The fourth-order valence-electron chi connectivity index (χ4n) is 3.13. The zero-order chi connectivity index (χ0) is 10.1. The lowest BCUT2D eigenvalue weighted by Crippen LogP contribution is -2.44. The summed E-state index contributed by atoms with van der Waals surface area (Å²) in [6, 6.07) is 0. The molecule has 1 aliphatic carbocycles. The average molecular weight is 209 g/mol. The highest BCUT2D eigenvalue weighted by molar-refractivity contribution is 4.96. The van der Waals surface area contributed by atoms with Crippen molar-refractivity contribution in [2.75, 3.05) is 52.4 Å². The minimum atomic E-state index is 1.10. The third-order valence-corrected chi connectivity index (χ3v) is 4.21. The molecule has 15 heavy (non-hydrogen) atoms. The van der Waals surface area contributed by atoms with E-state index in [9.17, 15) is 0 Å². The van der Waals surface area contributed by atoms with Gasteiger partial charge in [-0.25, -0.2) is 0 Å². The van der Waals surface area contributed by atoms with Crippen LogP contribution in [0.1, 0.15) is 12.8 Å². The Morgan fingerprint density at radius 2 is 1.60 bits per heavy atom. The highest BCUT2D eigenvalue weighted by Gasteiger charge is 2.44. The summed E-state index contributed by atoms with van der Waals surface area (Å²) in [6.45, 7) is 10.4. The van der Waals surface area contributed by atoms with Crippen molar-refractivity contribution in [2.24, 2.45) is 11.8 Å². The van der Waals surface area contributed by atoms with Gasteiger partial charge in [0.15, 0.2) is 0 Å². The van der Waals surface area contributed by atoms with Gasteiger partial charge in [0, 0.05) is 39.3 Å². The van der Waals surface area contributed by atoms with E-state index in [0.29, 0.717) is 0 Å². The molecule has 2 heterocycles. The molecule has 3 fully saturated rings. The quantitative estimate of drug-likeness (QED) is 0.715. The van der Waals surface area contributed by atoms with E-state index in [1.54, 1.807) is 0 Å². The van der Waals surface area contributed by atoms with Gasteiger partial charge in [0.25, 0.3) is 0 Å². The fourth-order valence-corrected chi connectivity index (χ4v) is 3.13. The highest BCUT2D eigenvalue weighted by atomic mass is 15.2. The zero-order valence-electron chi connectivity index (χ0n) is 9.62. The van der Waals surface area contributed by atoms with Gasteiger partial charge in [-0.1, -0.05) is 0 Å². The molecule has 0 aromatic carbocycles. The van der Waals surface area contributed by atoms with E-state index >= 15 is 0 Å². The Bertz CT molecular complexity index is 201. The van der Waals surface area contributed by atoms with Crippen LogP contribution < -0.4 is 5.32 Å². The van der Waals surface area contributed by atoms with Gasteiger partial charge in [0.1, 0.15) is 0 Å². The summed E-state index contributed by atoms with van der Waals surface area (Å²) in [5.41, 5.74) is 0. The van der Waals surface area contributed by atoms with Crippen molar-refractivity contribution in [3.8, 4) is 0 Å². The maximum absolute atomic E-state index is 3.41. The van der Waals surface area contributed by atoms with Gasteiger partial charge in [-0.15, -0.1) is 0 Å². The van der Waals surface area contributed by atoms with Gasteiger partial charge in [0.05, 0.1) is 0 Å². The second-order valence-corrected chi connectivity index (χ2v) is 5.46. The van der Waals surface area contributed by atoms with Crippen LogP contribution in [0.5, 0.6) is 0 Å². The van der Waals surface area contributed by atoms with Crippen LogP contribution in [-0.4, -0.2) is 62.2 Å². The molecule has 3 nitrogen and oxygen atoms in total. The van der Waals surface area contributed by atoms with E-state index in [0.717, 1.165) is 11.8 Å². The normalized spacial score (nSPS) is 36.8. The number of nitrogens with zero attached hydrogens (tertiary/aromatic N) is 2. The lowest BCUT2D eigenvalue weighted by atomic mass is 10.3. The number of fused-ring (bicyclic) bond motifs is 1. The molecule has 0 radical (unpaired) electrons. The Morgan fingerprint density at radius 1 is 0.933 bits per heavy atom. The largest absolute Gasteiger partial charge is 0.314 e. The average Bonchev–Trinajstić information content (AvgIpc) is 2.88. The number of piperidine rings is 1. The molecule has 1 N–H and O–H groups in total. The van der Waals surface area contributed by atoms with Gasteiger partial charge < -0.3 is 15.1 Å². The third kappa shape index (κ3) is 2.52. The maximum Gasteiger partial charge on any atom is 0.0107 e. The van der Waals surface area contributed by atoms with Crippen LogP contribution in [0.2, 0.25) is 0 Å². The number of hydrogen-bond acceptors (Lipinski definition) is 3. The summed E-state index contributed by atoms with van der Waals surface area (Å²) in [4.78, 5) is 5.29. The zero-order valence-corrected chi connectivity index (χ0v) is 9.62. The number of rotatable bonds is 4. The smallest absolute Gasteiger partial charge is 0.0107 e. The number of piperazine rings is 1. The maximum atomic E-state index is 3.41. The molecule has 2 atom stereocenters. The molecule has 3 rings (SSSR count). The summed E-state index contributed by atoms with van der Waals surface area (Å²) in [6.07, 6.45) is 2.91. The molecule has 0 aromatic heterocycles. The van der Waals surface area contributed by atoms with Crippen LogP contribution in [-0.2, 0) is 0 Å². The first-order chi connectivity index (χ1) is 7.42. The Morgan fingerprint density at radius 3 is 2.33 bits per heavy atom. The first kappa shape index (κ1) is 10.1. The second kappa shape index (κ2) is 4.40. The topological polar surface area (TPSA) is 18.5 Å². The van der Waals surface area contributed by atoms with E-state index in [2.05, 4.69) is 15.1 Å². The van der Waals surface area contributed by atoms with Gasteiger partial charge >= 0.3 is 0 Å². The minimum absolute atomic E-state index is 1.10. The first-order valence-electron chi connectivity index (χ1n) is 6.57. The number of hydrogen-bond donors (Lipinski definition) is 1. The molecule has 0 spiro atoms. The monoisotopic (exact) mass is 209 g/mol. The Hall–Kier alpha value is -0.120. The lowest BCUT2D eigenvalue weighted by Gasteiger charge is -2.28. The van der Waals surface area contributed by atoms with E-state index in [-0.39, 0.29) is 0 Å². The van der Waals surface area contributed by atoms with Crippen molar-refractivity contribution in [1.29, 1.82) is 0 Å². The van der Waals surface area contributed by atoms with E-state index in [1.165, 1.54) is 65.2 Å². The SMILES string of the molecule is C(CN1CCNCC1)CN1CC2CC2C1. The van der Waals surface area contributed by atoms with Crippen LogP contribution in [0, 0.1) is 11.8 Å². The molecule has 3 heteroatoms. The van der Waals surface area contributed by atoms with E-state index in [1.807, 2.05) is 0 Å². The predicted molar refractivity (Wildman–Crippen MR) is 62.0 cm³/mol. The number of nitrogens with one attached hydrogen (secondary N) is 1. The predicted octanol–water partition coefficient (Wildman–Crippen LogP) is 0.233. The Kier molecular flexibility index (Phi) is 2.95. The number of likely N-dealkylation sites (tertiary alicyclic amines) is 1.